The number of ether oxygens (including phenoxy) is 4. The SMILES string of the molecule is COc1ccc(N2C=CN(C(=O)Nc3ccc(Oc4ccnc5cc(OCCCN6CCCCC6)c(OC)cc45)c(F)c3)C2)cc1. The van der Waals surface area contributed by atoms with Crippen LogP contribution in [0.15, 0.2) is 79.3 Å². The van der Waals surface area contributed by atoms with Crippen LogP contribution in [0.2, 0.25) is 0 Å². The number of amides is 2. The normalized spacial score (nSPS) is 14.8. The third kappa shape index (κ3) is 7.26. The minimum absolute atomic E-state index is 0.00857. The van der Waals surface area contributed by atoms with Crippen molar-refractivity contribution in [3.05, 3.63) is 85.1 Å². The fraction of sp³-hybridized carbons (Fsp3) is 0.314. The van der Waals surface area contributed by atoms with Crippen LogP contribution in [0.4, 0.5) is 20.6 Å². The van der Waals surface area contributed by atoms with Crippen molar-refractivity contribution in [1.29, 1.82) is 0 Å². The summed E-state index contributed by atoms with van der Waals surface area (Å²) in [6, 6.07) is 16.7. The van der Waals surface area contributed by atoms with Crippen LogP contribution in [0.3, 0.4) is 0 Å². The average Bonchev–Trinajstić information content (AvgIpc) is 3.59. The van der Waals surface area contributed by atoms with Gasteiger partial charge in [0.2, 0.25) is 0 Å². The first-order chi connectivity index (χ1) is 22.5. The van der Waals surface area contributed by atoms with Crippen molar-refractivity contribution in [2.45, 2.75) is 25.7 Å². The third-order valence-corrected chi connectivity index (χ3v) is 8.11. The zero-order valence-corrected chi connectivity index (χ0v) is 26.1. The number of likely N-dealkylation sites (tertiary alicyclic amines) is 1. The van der Waals surface area contributed by atoms with Crippen LogP contribution in [-0.2, 0) is 0 Å². The van der Waals surface area contributed by atoms with Crippen LogP contribution < -0.4 is 29.2 Å². The molecule has 0 atom stereocenters. The Bertz CT molecular complexity index is 1690. The number of fused-ring (bicyclic) bond motifs is 1. The van der Waals surface area contributed by atoms with E-state index < -0.39 is 11.8 Å². The first-order valence-corrected chi connectivity index (χ1v) is 15.5. The Hall–Kier alpha value is -5.03. The molecule has 11 heteroatoms. The molecule has 3 aromatic carbocycles. The first-order valence-electron chi connectivity index (χ1n) is 15.5. The number of hydrogen-bond acceptors (Lipinski definition) is 8. The lowest BCUT2D eigenvalue weighted by Gasteiger charge is -2.26. The van der Waals surface area contributed by atoms with Gasteiger partial charge in [0, 0.05) is 54.0 Å². The highest BCUT2D eigenvalue weighted by Gasteiger charge is 2.21. The molecule has 0 radical (unpaired) electrons. The first kappa shape index (κ1) is 31.0. The molecule has 0 saturated carbocycles. The number of aromatic nitrogens is 1. The van der Waals surface area contributed by atoms with Crippen molar-refractivity contribution in [3.8, 4) is 28.7 Å². The number of benzene rings is 3. The Morgan fingerprint density at radius 2 is 1.72 bits per heavy atom. The van der Waals surface area contributed by atoms with Gasteiger partial charge in [-0.2, -0.15) is 0 Å². The lowest BCUT2D eigenvalue weighted by atomic mass is 10.1. The van der Waals surface area contributed by atoms with Gasteiger partial charge in [0.25, 0.3) is 0 Å². The summed E-state index contributed by atoms with van der Waals surface area (Å²) in [6.07, 6.45) is 9.85. The molecule has 1 N–H and O–H groups in total. The number of anilines is 2. The van der Waals surface area contributed by atoms with Gasteiger partial charge >= 0.3 is 6.03 Å². The fourth-order valence-corrected chi connectivity index (χ4v) is 5.61. The van der Waals surface area contributed by atoms with Gasteiger partial charge in [0.05, 0.1) is 26.3 Å². The summed E-state index contributed by atoms with van der Waals surface area (Å²) in [5, 5.41) is 3.40. The second-order valence-corrected chi connectivity index (χ2v) is 11.2. The van der Waals surface area contributed by atoms with Crippen molar-refractivity contribution in [3.63, 3.8) is 0 Å². The van der Waals surface area contributed by atoms with Gasteiger partial charge in [-0.05, 0) is 80.9 Å². The summed E-state index contributed by atoms with van der Waals surface area (Å²) in [7, 11) is 3.19. The molecule has 2 amide bonds. The molecule has 2 aliphatic heterocycles. The quantitative estimate of drug-likeness (QED) is 0.175. The van der Waals surface area contributed by atoms with Crippen LogP contribution in [0.25, 0.3) is 10.9 Å². The molecule has 1 aromatic heterocycles. The number of carbonyl (C=O) groups is 1. The lowest BCUT2D eigenvalue weighted by Crippen LogP contribution is -2.33. The average molecular weight is 628 g/mol. The maximum Gasteiger partial charge on any atom is 0.327 e. The molecule has 2 aliphatic rings. The molecule has 0 bridgehead atoms. The fourth-order valence-electron chi connectivity index (χ4n) is 5.61. The van der Waals surface area contributed by atoms with Crippen LogP contribution in [-0.4, -0.2) is 67.9 Å². The summed E-state index contributed by atoms with van der Waals surface area (Å²) in [6.45, 7) is 4.21. The topological polar surface area (TPSA) is 88.6 Å². The Kier molecular flexibility index (Phi) is 9.68. The number of nitrogens with one attached hydrogen (secondary N) is 1. The molecular weight excluding hydrogens is 589 g/mol. The van der Waals surface area contributed by atoms with E-state index in [0.29, 0.717) is 47.1 Å². The Morgan fingerprint density at radius 1 is 0.891 bits per heavy atom. The summed E-state index contributed by atoms with van der Waals surface area (Å²) >= 11 is 0. The van der Waals surface area contributed by atoms with Crippen molar-refractivity contribution in [2.24, 2.45) is 0 Å². The predicted molar refractivity (Wildman–Crippen MR) is 176 cm³/mol. The second kappa shape index (κ2) is 14.4. The van der Waals surface area contributed by atoms with Gasteiger partial charge in [-0.1, -0.05) is 6.42 Å². The number of hydrogen-bond donors (Lipinski definition) is 1. The smallest absolute Gasteiger partial charge is 0.327 e. The summed E-state index contributed by atoms with van der Waals surface area (Å²) in [5.41, 5.74) is 1.85. The number of nitrogens with zero attached hydrogens (tertiary/aromatic N) is 4. The van der Waals surface area contributed by atoms with Gasteiger partial charge in [-0.15, -0.1) is 0 Å². The van der Waals surface area contributed by atoms with Gasteiger partial charge in [0.1, 0.15) is 18.2 Å². The number of piperidine rings is 1. The molecule has 1 saturated heterocycles. The molecule has 1 fully saturated rings. The zero-order chi connectivity index (χ0) is 31.9. The molecule has 0 unspecified atom stereocenters. The zero-order valence-electron chi connectivity index (χ0n) is 26.1. The van der Waals surface area contributed by atoms with E-state index in [4.69, 9.17) is 18.9 Å². The van der Waals surface area contributed by atoms with Crippen molar-refractivity contribution in [1.82, 2.24) is 14.8 Å². The monoisotopic (exact) mass is 627 g/mol. The molecule has 6 rings (SSSR count). The predicted octanol–water partition coefficient (Wildman–Crippen LogP) is 7.22. The van der Waals surface area contributed by atoms with Crippen molar-refractivity contribution in [2.75, 3.05) is 57.3 Å². The van der Waals surface area contributed by atoms with E-state index >= 15 is 4.39 Å². The van der Waals surface area contributed by atoms with Gasteiger partial charge in [-0.3, -0.25) is 9.88 Å². The summed E-state index contributed by atoms with van der Waals surface area (Å²) < 4.78 is 38.1. The molecule has 46 heavy (non-hydrogen) atoms. The summed E-state index contributed by atoms with van der Waals surface area (Å²) in [4.78, 5) is 23.3. The Morgan fingerprint density at radius 3 is 2.48 bits per heavy atom. The van der Waals surface area contributed by atoms with E-state index in [1.165, 1.54) is 36.3 Å². The highest BCUT2D eigenvalue weighted by molar-refractivity contribution is 5.91. The number of pyridine rings is 1. The molecule has 0 aliphatic carbocycles. The minimum Gasteiger partial charge on any atom is -0.497 e. The number of halogens is 1. The van der Waals surface area contributed by atoms with Gasteiger partial charge in [-0.25, -0.2) is 9.18 Å². The maximum absolute atomic E-state index is 15.2. The van der Waals surface area contributed by atoms with E-state index in [2.05, 4.69) is 15.2 Å². The van der Waals surface area contributed by atoms with E-state index in [1.807, 2.05) is 35.2 Å². The van der Waals surface area contributed by atoms with Crippen LogP contribution in [0.5, 0.6) is 28.7 Å². The number of carbonyl (C=O) groups excluding carboxylic acids is 1. The van der Waals surface area contributed by atoms with Crippen molar-refractivity contribution < 1.29 is 28.1 Å². The van der Waals surface area contributed by atoms with E-state index in [0.717, 1.165) is 37.5 Å². The molecule has 3 heterocycles. The van der Waals surface area contributed by atoms with Crippen LogP contribution in [0, 0.1) is 5.82 Å². The number of urea groups is 1. The van der Waals surface area contributed by atoms with Crippen molar-refractivity contribution >= 4 is 28.3 Å². The summed E-state index contributed by atoms with van der Waals surface area (Å²) in [5.74, 6) is 1.69. The maximum atomic E-state index is 15.2. The molecular formula is C35H38FN5O5. The highest BCUT2D eigenvalue weighted by Crippen LogP contribution is 2.38. The molecule has 4 aromatic rings. The van der Waals surface area contributed by atoms with E-state index in [9.17, 15) is 4.79 Å². The molecule has 240 valence electrons. The third-order valence-electron chi connectivity index (χ3n) is 8.11. The van der Waals surface area contributed by atoms with Crippen LogP contribution in [0.1, 0.15) is 25.7 Å². The molecule has 10 nitrogen and oxygen atoms in total. The van der Waals surface area contributed by atoms with E-state index in [1.54, 1.807) is 51.0 Å². The Balaban J connectivity index is 1.08. The van der Waals surface area contributed by atoms with Crippen LogP contribution >= 0.6 is 0 Å². The lowest BCUT2D eigenvalue weighted by molar-refractivity contribution is 0.203. The van der Waals surface area contributed by atoms with Gasteiger partial charge in [0.15, 0.2) is 23.1 Å². The minimum atomic E-state index is -0.625. The highest BCUT2D eigenvalue weighted by atomic mass is 19.1. The standard InChI is InChI=1S/C35H38FN5O5/c1-43-27-10-8-26(9-11-27)40-18-19-41(24-40)35(42)38-25-7-12-32(29(36)21-25)46-31-13-14-37-30-23-34(33(44-2)22-28(30)31)45-20-6-17-39-15-4-3-5-16-39/h7-14,18-19,21-23H,3-6,15-17,20,24H2,1-2H3,(H,38,42). The molecule has 0 spiro atoms. The second-order valence-electron chi connectivity index (χ2n) is 11.2. The number of rotatable bonds is 11. The van der Waals surface area contributed by atoms with E-state index in [-0.39, 0.29) is 5.75 Å². The Labute approximate surface area is 267 Å². The number of methoxy groups -OCH3 is 2. The van der Waals surface area contributed by atoms with Gasteiger partial charge < -0.3 is 34.1 Å². The largest absolute Gasteiger partial charge is 0.497 e.